The second kappa shape index (κ2) is 9.58. The number of ether oxygens (including phenoxy) is 1. The van der Waals surface area contributed by atoms with E-state index in [1.165, 1.54) is 18.9 Å². The average molecular weight is 430 g/mol. The first-order valence-corrected chi connectivity index (χ1v) is 10.0. The summed E-state index contributed by atoms with van der Waals surface area (Å²) in [7, 11) is 1.54. The molecule has 0 saturated heterocycles. The van der Waals surface area contributed by atoms with Crippen LogP contribution in [0.15, 0.2) is 60.5 Å². The van der Waals surface area contributed by atoms with Gasteiger partial charge in [0.2, 0.25) is 5.91 Å². The Balaban J connectivity index is 1.79. The van der Waals surface area contributed by atoms with Gasteiger partial charge in [-0.2, -0.15) is 0 Å². The Hall–Kier alpha value is -2.84. The van der Waals surface area contributed by atoms with Crippen LogP contribution in [0.3, 0.4) is 0 Å². The van der Waals surface area contributed by atoms with Gasteiger partial charge >= 0.3 is 0 Å². The number of pyridine rings is 1. The minimum Gasteiger partial charge on any atom is -0.495 e. The summed E-state index contributed by atoms with van der Waals surface area (Å²) >= 11 is 7.35. The Morgan fingerprint density at radius 1 is 1.34 bits per heavy atom. The zero-order valence-electron chi connectivity index (χ0n) is 16.0. The van der Waals surface area contributed by atoms with Gasteiger partial charge in [-0.1, -0.05) is 29.4 Å². The molecule has 1 aromatic carbocycles. The lowest BCUT2D eigenvalue weighted by atomic mass is 10.2. The number of carbonyl (C=O) groups excluding carboxylic acids is 1. The van der Waals surface area contributed by atoms with Gasteiger partial charge in [0.15, 0.2) is 11.0 Å². The monoisotopic (exact) mass is 429 g/mol. The van der Waals surface area contributed by atoms with Gasteiger partial charge in [-0.05, 0) is 37.3 Å². The third kappa shape index (κ3) is 4.96. The van der Waals surface area contributed by atoms with E-state index >= 15 is 0 Å². The zero-order valence-corrected chi connectivity index (χ0v) is 17.6. The molecule has 2 aromatic heterocycles. The van der Waals surface area contributed by atoms with Crippen molar-refractivity contribution in [2.24, 2.45) is 0 Å². The number of hydrogen-bond donors (Lipinski definition) is 1. The second-order valence-electron chi connectivity index (χ2n) is 6.04. The van der Waals surface area contributed by atoms with E-state index in [9.17, 15) is 4.79 Å². The van der Waals surface area contributed by atoms with E-state index < -0.39 is 5.25 Å². The van der Waals surface area contributed by atoms with E-state index in [0.29, 0.717) is 34.0 Å². The van der Waals surface area contributed by atoms with Gasteiger partial charge < -0.3 is 10.1 Å². The molecule has 0 spiro atoms. The van der Waals surface area contributed by atoms with Crippen molar-refractivity contribution in [3.05, 3.63) is 60.4 Å². The molecule has 3 rings (SSSR count). The molecular weight excluding hydrogens is 410 g/mol. The number of halogens is 1. The Morgan fingerprint density at radius 2 is 2.10 bits per heavy atom. The van der Waals surface area contributed by atoms with Crippen molar-refractivity contribution in [1.82, 2.24) is 19.7 Å². The Kier molecular flexibility index (Phi) is 6.90. The molecule has 0 radical (unpaired) electrons. The summed E-state index contributed by atoms with van der Waals surface area (Å²) in [5, 5.41) is 12.1. The van der Waals surface area contributed by atoms with E-state index in [1.54, 1.807) is 43.6 Å². The molecule has 0 aliphatic rings. The molecule has 0 aliphatic heterocycles. The van der Waals surface area contributed by atoms with Crippen LogP contribution >= 0.6 is 23.4 Å². The van der Waals surface area contributed by atoms with Crippen molar-refractivity contribution < 1.29 is 9.53 Å². The Bertz CT molecular complexity index is 1010. The van der Waals surface area contributed by atoms with Crippen LogP contribution < -0.4 is 10.1 Å². The van der Waals surface area contributed by atoms with E-state index in [0.717, 1.165) is 5.56 Å². The molecule has 29 heavy (non-hydrogen) atoms. The van der Waals surface area contributed by atoms with Gasteiger partial charge in [-0.3, -0.25) is 14.3 Å². The molecule has 150 valence electrons. The minimum absolute atomic E-state index is 0.200. The number of benzene rings is 1. The van der Waals surface area contributed by atoms with Crippen LogP contribution in [0.2, 0.25) is 5.02 Å². The van der Waals surface area contributed by atoms with Crippen LogP contribution in [0.1, 0.15) is 6.92 Å². The van der Waals surface area contributed by atoms with Crippen LogP contribution in [0.25, 0.3) is 11.4 Å². The number of methoxy groups -OCH3 is 1. The van der Waals surface area contributed by atoms with E-state index in [-0.39, 0.29) is 5.91 Å². The molecule has 1 unspecified atom stereocenters. The Morgan fingerprint density at radius 3 is 2.79 bits per heavy atom. The molecular formula is C20H20ClN5O2S. The van der Waals surface area contributed by atoms with E-state index in [1.807, 2.05) is 16.7 Å². The van der Waals surface area contributed by atoms with Crippen LogP contribution in [-0.2, 0) is 11.3 Å². The predicted molar refractivity (Wildman–Crippen MR) is 115 cm³/mol. The van der Waals surface area contributed by atoms with Gasteiger partial charge in [-0.15, -0.1) is 16.8 Å². The predicted octanol–water partition coefficient (Wildman–Crippen LogP) is 4.31. The van der Waals surface area contributed by atoms with Crippen molar-refractivity contribution in [3.63, 3.8) is 0 Å². The lowest BCUT2D eigenvalue weighted by Gasteiger charge is -2.15. The number of anilines is 1. The topological polar surface area (TPSA) is 81.9 Å². The first-order valence-electron chi connectivity index (χ1n) is 8.79. The fraction of sp³-hybridized carbons (Fsp3) is 0.200. The van der Waals surface area contributed by atoms with Gasteiger partial charge in [0.25, 0.3) is 0 Å². The van der Waals surface area contributed by atoms with Gasteiger partial charge in [0, 0.05) is 29.5 Å². The molecule has 0 fully saturated rings. The molecule has 7 nitrogen and oxygen atoms in total. The van der Waals surface area contributed by atoms with Crippen molar-refractivity contribution in [2.45, 2.75) is 23.9 Å². The Labute approximate surface area is 178 Å². The maximum atomic E-state index is 12.7. The highest BCUT2D eigenvalue weighted by Crippen LogP contribution is 2.30. The molecule has 0 aliphatic carbocycles. The highest BCUT2D eigenvalue weighted by Gasteiger charge is 2.21. The summed E-state index contributed by atoms with van der Waals surface area (Å²) in [5.74, 6) is 1.03. The minimum atomic E-state index is -0.434. The number of allylic oxidation sites excluding steroid dienone is 1. The second-order valence-corrected chi connectivity index (χ2v) is 7.78. The maximum Gasteiger partial charge on any atom is 0.237 e. The molecule has 9 heteroatoms. The molecule has 0 saturated carbocycles. The van der Waals surface area contributed by atoms with Gasteiger partial charge in [0.05, 0.1) is 18.0 Å². The number of aromatic nitrogens is 4. The lowest BCUT2D eigenvalue weighted by Crippen LogP contribution is -2.23. The number of nitrogens with zero attached hydrogens (tertiary/aromatic N) is 4. The number of amides is 1. The third-order valence-electron chi connectivity index (χ3n) is 4.04. The van der Waals surface area contributed by atoms with Crippen LogP contribution in [-0.4, -0.2) is 38.0 Å². The molecule has 1 atom stereocenters. The number of hydrogen-bond acceptors (Lipinski definition) is 6. The van der Waals surface area contributed by atoms with Crippen molar-refractivity contribution in [3.8, 4) is 17.1 Å². The molecule has 2 heterocycles. The highest BCUT2D eigenvalue weighted by molar-refractivity contribution is 8.00. The number of nitrogens with one attached hydrogen (secondary N) is 1. The standard InChI is InChI=1S/C20H20ClN5O2S/c1-4-11-26-18(14-7-9-22-10-8-14)24-25-20(26)29-13(2)19(27)23-16-12-15(21)5-6-17(16)28-3/h4-10,12-13H,1,11H2,2-3H3,(H,23,27). The number of rotatable bonds is 8. The molecule has 1 amide bonds. The van der Waals surface area contributed by atoms with E-state index in [2.05, 4.69) is 27.1 Å². The van der Waals surface area contributed by atoms with Crippen LogP contribution in [0.4, 0.5) is 5.69 Å². The van der Waals surface area contributed by atoms with E-state index in [4.69, 9.17) is 16.3 Å². The highest BCUT2D eigenvalue weighted by atomic mass is 35.5. The summed E-state index contributed by atoms with van der Waals surface area (Å²) < 4.78 is 7.19. The molecule has 3 aromatic rings. The summed E-state index contributed by atoms with van der Waals surface area (Å²) in [5.41, 5.74) is 1.41. The molecule has 0 bridgehead atoms. The SMILES string of the molecule is C=CCn1c(SC(C)C(=O)Nc2cc(Cl)ccc2OC)nnc1-c1ccncc1. The third-order valence-corrected chi connectivity index (χ3v) is 5.35. The fourth-order valence-corrected chi connectivity index (χ4v) is 3.64. The van der Waals surface area contributed by atoms with Crippen molar-refractivity contribution >= 4 is 35.0 Å². The fourth-order valence-electron chi connectivity index (χ4n) is 2.61. The van der Waals surface area contributed by atoms with Crippen LogP contribution in [0, 0.1) is 0 Å². The van der Waals surface area contributed by atoms with Gasteiger partial charge in [-0.25, -0.2) is 0 Å². The van der Waals surface area contributed by atoms with Gasteiger partial charge in [0.1, 0.15) is 5.75 Å². The quantitative estimate of drug-likeness (QED) is 0.424. The average Bonchev–Trinajstić information content (AvgIpc) is 3.11. The number of carbonyl (C=O) groups is 1. The smallest absolute Gasteiger partial charge is 0.237 e. The summed E-state index contributed by atoms with van der Waals surface area (Å²) in [6.07, 6.45) is 5.16. The maximum absolute atomic E-state index is 12.7. The first kappa shape index (κ1) is 20.9. The lowest BCUT2D eigenvalue weighted by molar-refractivity contribution is -0.115. The molecule has 1 N–H and O–H groups in total. The first-order chi connectivity index (χ1) is 14.0. The summed E-state index contributed by atoms with van der Waals surface area (Å²) in [6, 6.07) is 8.78. The zero-order chi connectivity index (χ0) is 20.8. The summed E-state index contributed by atoms with van der Waals surface area (Å²) in [6.45, 7) is 6.12. The normalized spacial score (nSPS) is 11.7. The van der Waals surface area contributed by atoms with Crippen molar-refractivity contribution in [2.75, 3.05) is 12.4 Å². The largest absolute Gasteiger partial charge is 0.495 e. The summed E-state index contributed by atoms with van der Waals surface area (Å²) in [4.78, 5) is 16.8. The number of thioether (sulfide) groups is 1. The van der Waals surface area contributed by atoms with Crippen molar-refractivity contribution in [1.29, 1.82) is 0 Å². The van der Waals surface area contributed by atoms with Crippen LogP contribution in [0.5, 0.6) is 5.75 Å².